The third kappa shape index (κ3) is 5.39. The van der Waals surface area contributed by atoms with E-state index < -0.39 is 0 Å². The Morgan fingerprint density at radius 3 is 2.41 bits per heavy atom. The third-order valence-electron chi connectivity index (χ3n) is 7.22. The number of aromatic nitrogens is 1. The van der Waals surface area contributed by atoms with Gasteiger partial charge in [-0.1, -0.05) is 72.8 Å². The summed E-state index contributed by atoms with van der Waals surface area (Å²) in [4.78, 5) is 22.5. The maximum atomic E-state index is 13.8. The van der Waals surface area contributed by atoms with Crippen molar-refractivity contribution in [2.75, 3.05) is 11.9 Å². The molecule has 0 fully saturated rings. The monoisotopic (exact) mass is 573 g/mol. The summed E-state index contributed by atoms with van der Waals surface area (Å²) in [5.41, 5.74) is 5.13. The van der Waals surface area contributed by atoms with Crippen LogP contribution in [0.15, 0.2) is 109 Å². The Hall–Kier alpha value is -4.30. The summed E-state index contributed by atoms with van der Waals surface area (Å²) in [6.45, 7) is 2.70. The lowest BCUT2D eigenvalue weighted by molar-refractivity contribution is 0.102. The summed E-state index contributed by atoms with van der Waals surface area (Å²) < 4.78 is 7.24. The van der Waals surface area contributed by atoms with Crippen LogP contribution in [-0.4, -0.2) is 22.3 Å². The first kappa shape index (κ1) is 25.7. The SMILES string of the molecule is O=C(Nc1sc2c(c1-c1nc3ccccc3s1)CCN(Cc1ccccc1)C2)c1ccccc1Oc1ccccc1. The van der Waals surface area contributed by atoms with E-state index in [9.17, 15) is 4.79 Å². The minimum Gasteiger partial charge on any atom is -0.457 e. The van der Waals surface area contributed by atoms with E-state index in [4.69, 9.17) is 9.72 Å². The second-order valence-electron chi connectivity index (χ2n) is 10.0. The second-order valence-corrected chi connectivity index (χ2v) is 12.1. The highest BCUT2D eigenvalue weighted by atomic mass is 32.1. The van der Waals surface area contributed by atoms with Gasteiger partial charge in [-0.3, -0.25) is 9.69 Å². The maximum absolute atomic E-state index is 13.8. The molecule has 0 saturated carbocycles. The standard InChI is InChI=1S/C34H27N3O2S2/c38-32(25-15-7-9-17-28(25)39-24-13-5-2-6-14-24)36-34-31(33-35-27-16-8-10-18-29(27)40-33)26-19-20-37(22-30(26)41-34)21-23-11-3-1-4-12-23/h1-18H,19-22H2,(H,36,38). The lowest BCUT2D eigenvalue weighted by Crippen LogP contribution is -2.29. The number of anilines is 1. The van der Waals surface area contributed by atoms with Gasteiger partial charge in [0.05, 0.1) is 15.8 Å². The van der Waals surface area contributed by atoms with Gasteiger partial charge in [-0.15, -0.1) is 22.7 Å². The molecular weight excluding hydrogens is 547 g/mol. The zero-order valence-corrected chi connectivity index (χ0v) is 23.9. The zero-order chi connectivity index (χ0) is 27.6. The molecule has 6 aromatic rings. The van der Waals surface area contributed by atoms with E-state index in [1.807, 2.05) is 66.7 Å². The van der Waals surface area contributed by atoms with Gasteiger partial charge in [-0.25, -0.2) is 4.98 Å². The largest absolute Gasteiger partial charge is 0.457 e. The fourth-order valence-electron chi connectivity index (χ4n) is 5.26. The molecule has 1 aliphatic heterocycles. The number of benzene rings is 4. The molecule has 0 saturated heterocycles. The number of ether oxygens (including phenoxy) is 1. The third-order valence-corrected chi connectivity index (χ3v) is 9.41. The van der Waals surface area contributed by atoms with E-state index in [0.717, 1.165) is 51.8 Å². The number of hydrogen-bond donors (Lipinski definition) is 1. The van der Waals surface area contributed by atoms with E-state index in [-0.39, 0.29) is 5.91 Å². The van der Waals surface area contributed by atoms with Gasteiger partial charge < -0.3 is 10.1 Å². The summed E-state index contributed by atoms with van der Waals surface area (Å²) in [5, 5.41) is 5.06. The number of carbonyl (C=O) groups is 1. The smallest absolute Gasteiger partial charge is 0.260 e. The van der Waals surface area contributed by atoms with Crippen LogP contribution in [0.3, 0.4) is 0 Å². The Bertz CT molecular complexity index is 1800. The molecule has 7 heteroatoms. The molecule has 5 nitrogen and oxygen atoms in total. The molecule has 3 heterocycles. The Balaban J connectivity index is 1.23. The summed E-state index contributed by atoms with van der Waals surface area (Å²) >= 11 is 3.35. The van der Waals surface area contributed by atoms with Crippen molar-refractivity contribution in [2.24, 2.45) is 0 Å². The van der Waals surface area contributed by atoms with E-state index in [2.05, 4.69) is 46.6 Å². The molecule has 0 bridgehead atoms. The van der Waals surface area contributed by atoms with Crippen molar-refractivity contribution in [2.45, 2.75) is 19.5 Å². The van der Waals surface area contributed by atoms with Gasteiger partial charge in [-0.2, -0.15) is 0 Å². The summed E-state index contributed by atoms with van der Waals surface area (Å²) in [5.74, 6) is 1.01. The summed E-state index contributed by atoms with van der Waals surface area (Å²) in [6.07, 6.45) is 0.910. The number of hydrogen-bond acceptors (Lipinski definition) is 6. The number of carbonyl (C=O) groups excluding carboxylic acids is 1. The van der Waals surface area contributed by atoms with Crippen molar-refractivity contribution in [1.29, 1.82) is 0 Å². The van der Waals surface area contributed by atoms with Crippen LogP contribution in [0.5, 0.6) is 11.5 Å². The van der Waals surface area contributed by atoms with E-state index in [1.54, 1.807) is 28.7 Å². The Morgan fingerprint density at radius 1 is 0.854 bits per heavy atom. The van der Waals surface area contributed by atoms with Crippen molar-refractivity contribution in [3.05, 3.63) is 131 Å². The molecule has 0 aliphatic carbocycles. The number of nitrogens with zero attached hydrogens (tertiary/aromatic N) is 2. The molecular formula is C34H27N3O2S2. The highest BCUT2D eigenvalue weighted by Gasteiger charge is 2.28. The number of fused-ring (bicyclic) bond motifs is 2. The van der Waals surface area contributed by atoms with Gasteiger partial charge in [-0.05, 0) is 53.9 Å². The number of rotatable bonds is 7. The van der Waals surface area contributed by atoms with Crippen LogP contribution in [0.25, 0.3) is 20.8 Å². The number of thiazole rings is 1. The fourth-order valence-corrected chi connectivity index (χ4v) is 7.65. The minimum absolute atomic E-state index is 0.196. The van der Waals surface area contributed by atoms with Crippen LogP contribution >= 0.6 is 22.7 Å². The van der Waals surface area contributed by atoms with Crippen LogP contribution < -0.4 is 10.1 Å². The highest BCUT2D eigenvalue weighted by Crippen LogP contribution is 2.46. The molecule has 0 unspecified atom stereocenters. The van der Waals surface area contributed by atoms with E-state index in [0.29, 0.717) is 17.1 Å². The van der Waals surface area contributed by atoms with E-state index in [1.165, 1.54) is 16.0 Å². The number of para-hydroxylation sites is 3. The molecule has 2 aromatic heterocycles. The molecule has 0 spiro atoms. The van der Waals surface area contributed by atoms with E-state index >= 15 is 0 Å². The van der Waals surface area contributed by atoms with Crippen LogP contribution in [0.2, 0.25) is 0 Å². The Labute approximate surface area is 246 Å². The summed E-state index contributed by atoms with van der Waals surface area (Å²) in [7, 11) is 0. The van der Waals surface area contributed by atoms with Gasteiger partial charge in [0.25, 0.3) is 5.91 Å². The Morgan fingerprint density at radius 2 is 1.59 bits per heavy atom. The Kier molecular flexibility index (Phi) is 7.07. The van der Waals surface area contributed by atoms with Crippen LogP contribution in [0.4, 0.5) is 5.00 Å². The lowest BCUT2D eigenvalue weighted by atomic mass is 10.0. The van der Waals surface area contributed by atoms with Crippen molar-refractivity contribution >= 4 is 43.8 Å². The second kappa shape index (κ2) is 11.3. The van der Waals surface area contributed by atoms with Gasteiger partial charge in [0.15, 0.2) is 0 Å². The molecule has 1 amide bonds. The predicted molar refractivity (Wildman–Crippen MR) is 168 cm³/mol. The quantitative estimate of drug-likeness (QED) is 0.208. The number of amides is 1. The molecule has 202 valence electrons. The van der Waals surface area contributed by atoms with Gasteiger partial charge in [0, 0.05) is 30.1 Å². The van der Waals surface area contributed by atoms with Gasteiger partial charge >= 0.3 is 0 Å². The molecule has 1 aliphatic rings. The minimum atomic E-state index is -0.196. The molecule has 7 rings (SSSR count). The zero-order valence-electron chi connectivity index (χ0n) is 22.2. The van der Waals surface area contributed by atoms with Crippen LogP contribution in [0.1, 0.15) is 26.4 Å². The molecule has 0 atom stereocenters. The van der Waals surface area contributed by atoms with Crippen molar-refractivity contribution in [3.8, 4) is 22.1 Å². The van der Waals surface area contributed by atoms with Crippen LogP contribution in [0, 0.1) is 0 Å². The highest BCUT2D eigenvalue weighted by molar-refractivity contribution is 7.23. The summed E-state index contributed by atoms with van der Waals surface area (Å²) in [6, 6.07) is 35.7. The van der Waals surface area contributed by atoms with Gasteiger partial charge in [0.2, 0.25) is 0 Å². The van der Waals surface area contributed by atoms with Crippen LogP contribution in [-0.2, 0) is 19.5 Å². The first-order chi connectivity index (χ1) is 20.2. The van der Waals surface area contributed by atoms with Crippen molar-refractivity contribution in [1.82, 2.24) is 9.88 Å². The number of thiophene rings is 1. The molecule has 0 radical (unpaired) electrons. The molecule has 41 heavy (non-hydrogen) atoms. The number of nitrogens with one attached hydrogen (secondary N) is 1. The molecule has 1 N–H and O–H groups in total. The molecule has 4 aromatic carbocycles. The van der Waals surface area contributed by atoms with Crippen molar-refractivity contribution in [3.63, 3.8) is 0 Å². The first-order valence-electron chi connectivity index (χ1n) is 13.6. The fraction of sp³-hybridized carbons (Fsp3) is 0.118. The van der Waals surface area contributed by atoms with Crippen molar-refractivity contribution < 1.29 is 9.53 Å². The average Bonchev–Trinajstić information content (AvgIpc) is 3.59. The predicted octanol–water partition coefficient (Wildman–Crippen LogP) is 8.63. The normalized spacial score (nSPS) is 13.2. The first-order valence-corrected chi connectivity index (χ1v) is 15.2. The topological polar surface area (TPSA) is 54.5 Å². The van der Waals surface area contributed by atoms with Gasteiger partial charge in [0.1, 0.15) is 21.5 Å². The lowest BCUT2D eigenvalue weighted by Gasteiger charge is -2.27. The average molecular weight is 574 g/mol. The maximum Gasteiger partial charge on any atom is 0.260 e.